The molecule has 1 saturated heterocycles. The summed E-state index contributed by atoms with van der Waals surface area (Å²) in [7, 11) is 0. The summed E-state index contributed by atoms with van der Waals surface area (Å²) in [4.78, 5) is 15.1. The van der Waals surface area contributed by atoms with Crippen molar-refractivity contribution in [2.75, 3.05) is 13.1 Å². The molecule has 20 heavy (non-hydrogen) atoms. The fourth-order valence-electron chi connectivity index (χ4n) is 2.88. The number of hydrogen-bond donors (Lipinski definition) is 0. The molecule has 1 aromatic heterocycles. The number of rotatable bonds is 2. The molecule has 1 atom stereocenters. The summed E-state index contributed by atoms with van der Waals surface area (Å²) >= 11 is 3.65. The van der Waals surface area contributed by atoms with Gasteiger partial charge in [-0.2, -0.15) is 0 Å². The van der Waals surface area contributed by atoms with Crippen LogP contribution in [-0.4, -0.2) is 28.7 Å². The van der Waals surface area contributed by atoms with Crippen LogP contribution in [0.5, 0.6) is 0 Å². The number of halogens is 1. The smallest absolute Gasteiger partial charge is 0.257 e. The molecule has 1 fully saturated rings. The van der Waals surface area contributed by atoms with Gasteiger partial charge in [-0.3, -0.25) is 4.79 Å². The summed E-state index contributed by atoms with van der Waals surface area (Å²) in [5, 5.41) is 0.911. The molecule has 106 valence electrons. The molecule has 1 amide bonds. The van der Waals surface area contributed by atoms with Crippen molar-refractivity contribution in [3.05, 3.63) is 36.1 Å². The molecule has 1 unspecified atom stereocenters. The molecule has 0 saturated carbocycles. The van der Waals surface area contributed by atoms with Crippen LogP contribution in [0.1, 0.15) is 30.1 Å². The number of para-hydroxylation sites is 1. The number of likely N-dealkylation sites (tertiary alicyclic amines) is 1. The molecule has 3 rings (SSSR count). The number of hydrogen-bond acceptors (Lipinski definition) is 2. The Balaban J connectivity index is 1.77. The molecular formula is C16H18BrNO2. The Morgan fingerprint density at radius 3 is 2.75 bits per heavy atom. The van der Waals surface area contributed by atoms with Crippen molar-refractivity contribution >= 4 is 32.8 Å². The number of fused-ring (bicyclic) bond motifs is 1. The van der Waals surface area contributed by atoms with Crippen LogP contribution in [0.25, 0.3) is 11.0 Å². The van der Waals surface area contributed by atoms with E-state index in [-0.39, 0.29) is 5.91 Å². The van der Waals surface area contributed by atoms with E-state index in [9.17, 15) is 4.79 Å². The Morgan fingerprint density at radius 2 is 2.05 bits per heavy atom. The van der Waals surface area contributed by atoms with Crippen LogP contribution < -0.4 is 0 Å². The molecule has 1 aliphatic rings. The van der Waals surface area contributed by atoms with E-state index in [0.29, 0.717) is 16.3 Å². The van der Waals surface area contributed by atoms with Crippen molar-refractivity contribution in [2.45, 2.75) is 24.6 Å². The van der Waals surface area contributed by atoms with E-state index in [1.165, 1.54) is 0 Å². The quantitative estimate of drug-likeness (QED) is 0.775. The van der Waals surface area contributed by atoms with Gasteiger partial charge >= 0.3 is 0 Å². The van der Waals surface area contributed by atoms with E-state index >= 15 is 0 Å². The lowest BCUT2D eigenvalue weighted by Gasteiger charge is -2.33. The monoisotopic (exact) mass is 335 g/mol. The molecule has 2 heterocycles. The van der Waals surface area contributed by atoms with E-state index in [4.69, 9.17) is 4.42 Å². The first kappa shape index (κ1) is 13.7. The third-order valence-corrected chi connectivity index (χ3v) is 4.94. The standard InChI is InChI=1S/C16H18BrNO2/c1-11(17)12-6-8-18(9-7-12)16(19)14-10-20-15-5-3-2-4-13(14)15/h2-5,10-12H,6-9H2,1H3. The van der Waals surface area contributed by atoms with Crippen LogP contribution in [0, 0.1) is 5.92 Å². The maximum Gasteiger partial charge on any atom is 0.257 e. The van der Waals surface area contributed by atoms with E-state index in [0.717, 1.165) is 36.9 Å². The molecule has 4 heteroatoms. The second kappa shape index (κ2) is 5.60. The van der Waals surface area contributed by atoms with Crippen LogP contribution >= 0.6 is 15.9 Å². The van der Waals surface area contributed by atoms with Crippen molar-refractivity contribution < 1.29 is 9.21 Å². The first-order chi connectivity index (χ1) is 9.66. The number of carbonyl (C=O) groups excluding carboxylic acids is 1. The molecule has 1 aliphatic heterocycles. The van der Waals surface area contributed by atoms with Gasteiger partial charge in [0.25, 0.3) is 5.91 Å². The van der Waals surface area contributed by atoms with Gasteiger partial charge in [-0.05, 0) is 24.8 Å². The summed E-state index contributed by atoms with van der Waals surface area (Å²) in [5.41, 5.74) is 1.46. The van der Waals surface area contributed by atoms with Gasteiger partial charge < -0.3 is 9.32 Å². The van der Waals surface area contributed by atoms with Crippen LogP contribution in [0.2, 0.25) is 0 Å². The molecule has 0 aliphatic carbocycles. The fraction of sp³-hybridized carbons (Fsp3) is 0.438. The second-order valence-corrected chi connectivity index (χ2v) is 6.90. The average molecular weight is 336 g/mol. The van der Waals surface area contributed by atoms with Gasteiger partial charge in [0.15, 0.2) is 0 Å². The SMILES string of the molecule is CC(Br)C1CCN(C(=O)c2coc3ccccc23)CC1. The number of amides is 1. The zero-order valence-corrected chi connectivity index (χ0v) is 13.1. The van der Waals surface area contributed by atoms with Crippen LogP contribution in [-0.2, 0) is 0 Å². The van der Waals surface area contributed by atoms with Crippen LogP contribution in [0.4, 0.5) is 0 Å². The number of alkyl halides is 1. The number of carbonyl (C=O) groups is 1. The molecule has 0 bridgehead atoms. The summed E-state index contributed by atoms with van der Waals surface area (Å²) in [6, 6.07) is 7.70. The van der Waals surface area contributed by atoms with Crippen molar-refractivity contribution in [1.29, 1.82) is 0 Å². The maximum absolute atomic E-state index is 12.6. The van der Waals surface area contributed by atoms with Gasteiger partial charge in [-0.25, -0.2) is 0 Å². The first-order valence-electron chi connectivity index (χ1n) is 7.06. The van der Waals surface area contributed by atoms with Crippen molar-refractivity contribution in [2.24, 2.45) is 5.92 Å². The molecule has 0 N–H and O–H groups in total. The van der Waals surface area contributed by atoms with Gasteiger partial charge in [0.05, 0.1) is 5.56 Å². The van der Waals surface area contributed by atoms with E-state index in [2.05, 4.69) is 22.9 Å². The predicted molar refractivity (Wildman–Crippen MR) is 83.2 cm³/mol. The number of benzene rings is 1. The van der Waals surface area contributed by atoms with E-state index in [1.54, 1.807) is 6.26 Å². The highest BCUT2D eigenvalue weighted by Crippen LogP contribution is 2.27. The lowest BCUT2D eigenvalue weighted by atomic mass is 9.94. The number of piperidine rings is 1. The highest BCUT2D eigenvalue weighted by molar-refractivity contribution is 9.09. The minimum Gasteiger partial charge on any atom is -0.463 e. The summed E-state index contributed by atoms with van der Waals surface area (Å²) < 4.78 is 5.47. The summed E-state index contributed by atoms with van der Waals surface area (Å²) in [6.07, 6.45) is 3.72. The first-order valence-corrected chi connectivity index (χ1v) is 7.98. The normalized spacial score (nSPS) is 18.4. The molecule has 0 spiro atoms. The summed E-state index contributed by atoms with van der Waals surface area (Å²) in [5.74, 6) is 0.760. The molecule has 0 radical (unpaired) electrons. The Hall–Kier alpha value is -1.29. The lowest BCUT2D eigenvalue weighted by molar-refractivity contribution is 0.0692. The fourth-order valence-corrected chi connectivity index (χ4v) is 3.40. The van der Waals surface area contributed by atoms with Crippen LogP contribution in [0.15, 0.2) is 34.9 Å². The van der Waals surface area contributed by atoms with Gasteiger partial charge in [-0.15, -0.1) is 0 Å². The third-order valence-electron chi connectivity index (χ3n) is 4.19. The van der Waals surface area contributed by atoms with Crippen molar-refractivity contribution in [3.8, 4) is 0 Å². The van der Waals surface area contributed by atoms with E-state index in [1.807, 2.05) is 29.2 Å². The number of furan rings is 1. The maximum atomic E-state index is 12.6. The Labute approximate surface area is 127 Å². The van der Waals surface area contributed by atoms with Gasteiger partial charge in [-0.1, -0.05) is 41.1 Å². The van der Waals surface area contributed by atoms with Crippen molar-refractivity contribution in [1.82, 2.24) is 4.90 Å². The molecule has 2 aromatic rings. The minimum atomic E-state index is 0.0932. The van der Waals surface area contributed by atoms with Gasteiger partial charge in [0.2, 0.25) is 0 Å². The highest BCUT2D eigenvalue weighted by atomic mass is 79.9. The van der Waals surface area contributed by atoms with Crippen molar-refractivity contribution in [3.63, 3.8) is 0 Å². The average Bonchev–Trinajstić information content (AvgIpc) is 2.90. The largest absolute Gasteiger partial charge is 0.463 e. The lowest BCUT2D eigenvalue weighted by Crippen LogP contribution is -2.39. The molecule has 1 aromatic carbocycles. The zero-order valence-electron chi connectivity index (χ0n) is 11.5. The second-order valence-electron chi connectivity index (χ2n) is 5.45. The van der Waals surface area contributed by atoms with E-state index < -0.39 is 0 Å². The Bertz CT molecular complexity index is 612. The Kier molecular flexibility index (Phi) is 3.83. The zero-order chi connectivity index (χ0) is 14.1. The third kappa shape index (κ3) is 2.49. The predicted octanol–water partition coefficient (Wildman–Crippen LogP) is 4.07. The summed E-state index contributed by atoms with van der Waals surface area (Å²) in [6.45, 7) is 3.85. The highest BCUT2D eigenvalue weighted by Gasteiger charge is 2.27. The topological polar surface area (TPSA) is 33.5 Å². The van der Waals surface area contributed by atoms with Gasteiger partial charge in [0.1, 0.15) is 11.8 Å². The van der Waals surface area contributed by atoms with Crippen LogP contribution in [0.3, 0.4) is 0 Å². The molecular weight excluding hydrogens is 318 g/mol. The number of nitrogens with zero attached hydrogens (tertiary/aromatic N) is 1. The molecule has 3 nitrogen and oxygen atoms in total. The Morgan fingerprint density at radius 1 is 1.35 bits per heavy atom. The minimum absolute atomic E-state index is 0.0932. The van der Waals surface area contributed by atoms with Gasteiger partial charge in [0, 0.05) is 23.3 Å².